The summed E-state index contributed by atoms with van der Waals surface area (Å²) in [6.45, 7) is 0. The predicted molar refractivity (Wildman–Crippen MR) is 125 cm³/mol. The normalized spacial score (nSPS) is 16.3. The van der Waals surface area contributed by atoms with Crippen molar-refractivity contribution in [2.45, 2.75) is 16.0 Å². The van der Waals surface area contributed by atoms with Crippen LogP contribution in [-0.4, -0.2) is 36.0 Å². The zero-order valence-corrected chi connectivity index (χ0v) is 19.0. The van der Waals surface area contributed by atoms with Crippen molar-refractivity contribution in [1.29, 1.82) is 0 Å². The fraction of sp³-hybridized carbons (Fsp3) is 0.286. The van der Waals surface area contributed by atoms with Gasteiger partial charge in [-0.05, 0) is 60.5 Å². The number of thiazole rings is 1. The van der Waals surface area contributed by atoms with Crippen molar-refractivity contribution in [2.24, 2.45) is 0 Å². The SMILES string of the molecule is COc1ccc(-c2nc(SCC3CCSS3)sc2-c2ccc(OC)cc2)cc1. The minimum atomic E-state index is 0.729. The molecule has 2 aromatic carbocycles. The van der Waals surface area contributed by atoms with Gasteiger partial charge in [-0.25, -0.2) is 4.98 Å². The Labute approximate surface area is 182 Å². The zero-order valence-electron chi connectivity index (χ0n) is 15.7. The average Bonchev–Trinajstić information content (AvgIpc) is 3.42. The van der Waals surface area contributed by atoms with Gasteiger partial charge in [0.2, 0.25) is 0 Å². The first-order valence-electron chi connectivity index (χ1n) is 8.97. The van der Waals surface area contributed by atoms with Gasteiger partial charge in [0.05, 0.1) is 24.8 Å². The van der Waals surface area contributed by atoms with Crippen molar-refractivity contribution >= 4 is 44.7 Å². The molecule has 1 aliphatic heterocycles. The second kappa shape index (κ2) is 9.48. The van der Waals surface area contributed by atoms with Crippen molar-refractivity contribution in [3.8, 4) is 33.2 Å². The van der Waals surface area contributed by atoms with E-state index in [2.05, 4.69) is 24.3 Å². The van der Waals surface area contributed by atoms with E-state index in [4.69, 9.17) is 14.5 Å². The Balaban J connectivity index is 1.66. The van der Waals surface area contributed by atoms with Gasteiger partial charge in [0, 0.05) is 22.3 Å². The maximum absolute atomic E-state index is 5.31. The molecule has 1 saturated heterocycles. The Bertz CT molecular complexity index is 838. The average molecular weight is 448 g/mol. The largest absolute Gasteiger partial charge is 0.497 e. The van der Waals surface area contributed by atoms with Crippen molar-refractivity contribution < 1.29 is 9.47 Å². The predicted octanol–water partition coefficient (Wildman–Crippen LogP) is 6.74. The molecule has 3 nitrogen and oxygen atoms in total. The molecule has 0 amide bonds. The highest BCUT2D eigenvalue weighted by molar-refractivity contribution is 8.77. The molecule has 1 unspecified atom stereocenters. The second-order valence-corrected chi connectivity index (χ2v) is 11.3. The van der Waals surface area contributed by atoms with Crippen molar-refractivity contribution in [3.63, 3.8) is 0 Å². The highest BCUT2D eigenvalue weighted by atomic mass is 33.1. The second-order valence-electron chi connectivity index (χ2n) is 6.25. The van der Waals surface area contributed by atoms with Crippen LogP contribution in [0.5, 0.6) is 11.5 Å². The highest BCUT2D eigenvalue weighted by Gasteiger charge is 2.20. The van der Waals surface area contributed by atoms with E-state index < -0.39 is 0 Å². The molecule has 3 aromatic rings. The Kier molecular flexibility index (Phi) is 6.77. The Morgan fingerprint density at radius 1 is 0.964 bits per heavy atom. The minimum absolute atomic E-state index is 0.729. The first-order valence-corrected chi connectivity index (χ1v) is 13.2. The van der Waals surface area contributed by atoms with E-state index in [1.54, 1.807) is 25.6 Å². The summed E-state index contributed by atoms with van der Waals surface area (Å²) in [7, 11) is 7.39. The van der Waals surface area contributed by atoms with Gasteiger partial charge in [0.15, 0.2) is 4.34 Å². The van der Waals surface area contributed by atoms with Gasteiger partial charge in [-0.2, -0.15) is 0 Å². The molecule has 1 aromatic heterocycles. The Hall–Kier alpha value is -1.28. The molecule has 0 aliphatic carbocycles. The summed E-state index contributed by atoms with van der Waals surface area (Å²) in [6.07, 6.45) is 1.30. The number of hydrogen-bond acceptors (Lipinski definition) is 7. The summed E-state index contributed by atoms with van der Waals surface area (Å²) >= 11 is 3.66. The number of rotatable bonds is 7. The van der Waals surface area contributed by atoms with Gasteiger partial charge in [0.1, 0.15) is 11.5 Å². The van der Waals surface area contributed by atoms with Crippen LogP contribution in [0.15, 0.2) is 52.9 Å². The van der Waals surface area contributed by atoms with Gasteiger partial charge in [-0.1, -0.05) is 33.3 Å². The number of aromatic nitrogens is 1. The van der Waals surface area contributed by atoms with Crippen LogP contribution in [0.1, 0.15) is 6.42 Å². The van der Waals surface area contributed by atoms with Crippen LogP contribution in [-0.2, 0) is 0 Å². The van der Waals surface area contributed by atoms with Crippen LogP contribution < -0.4 is 9.47 Å². The molecule has 0 bridgehead atoms. The lowest BCUT2D eigenvalue weighted by Crippen LogP contribution is -2.00. The summed E-state index contributed by atoms with van der Waals surface area (Å²) in [5.41, 5.74) is 3.32. The molecule has 7 heteroatoms. The first kappa shape index (κ1) is 20.0. The summed E-state index contributed by atoms with van der Waals surface area (Å²) < 4.78 is 11.8. The standard InChI is InChI=1S/C21H21NO2S4/c1-23-16-7-3-14(4-8-16)19-20(15-5-9-17(24-2)10-6-15)27-21(22-19)25-13-18-11-12-26-28-18/h3-10,18H,11-13H2,1-2H3. The van der Waals surface area contributed by atoms with Crippen LogP contribution in [0.4, 0.5) is 0 Å². The molecule has 1 fully saturated rings. The van der Waals surface area contributed by atoms with Gasteiger partial charge in [-0.15, -0.1) is 11.3 Å². The zero-order chi connectivity index (χ0) is 19.3. The highest BCUT2D eigenvalue weighted by Crippen LogP contribution is 2.44. The molecule has 2 heterocycles. The smallest absolute Gasteiger partial charge is 0.151 e. The van der Waals surface area contributed by atoms with Crippen molar-refractivity contribution in [3.05, 3.63) is 48.5 Å². The van der Waals surface area contributed by atoms with Crippen LogP contribution >= 0.6 is 44.7 Å². The molecule has 4 rings (SSSR count). The molecule has 1 aliphatic rings. The van der Waals surface area contributed by atoms with Crippen LogP contribution in [0.25, 0.3) is 21.7 Å². The number of hydrogen-bond donors (Lipinski definition) is 0. The van der Waals surface area contributed by atoms with E-state index >= 15 is 0 Å². The number of benzene rings is 2. The Morgan fingerprint density at radius 2 is 1.61 bits per heavy atom. The summed E-state index contributed by atoms with van der Waals surface area (Å²) in [5.74, 6) is 4.11. The molecule has 0 spiro atoms. The third-order valence-corrected chi connectivity index (χ3v) is 10.0. The quantitative estimate of drug-likeness (QED) is 0.294. The van der Waals surface area contributed by atoms with Gasteiger partial charge >= 0.3 is 0 Å². The van der Waals surface area contributed by atoms with E-state index in [0.29, 0.717) is 0 Å². The molecular formula is C21H21NO2S4. The van der Waals surface area contributed by atoms with Gasteiger partial charge < -0.3 is 9.47 Å². The van der Waals surface area contributed by atoms with Crippen LogP contribution in [0.2, 0.25) is 0 Å². The molecule has 0 radical (unpaired) electrons. The summed E-state index contributed by atoms with van der Waals surface area (Å²) in [5, 5.41) is 0.729. The lowest BCUT2D eigenvalue weighted by atomic mass is 10.1. The molecule has 0 N–H and O–H groups in total. The van der Waals surface area contributed by atoms with E-state index in [1.165, 1.54) is 22.6 Å². The lowest BCUT2D eigenvalue weighted by molar-refractivity contribution is 0.414. The topological polar surface area (TPSA) is 31.4 Å². The number of nitrogens with zero attached hydrogens (tertiary/aromatic N) is 1. The van der Waals surface area contributed by atoms with E-state index in [9.17, 15) is 0 Å². The number of thioether (sulfide) groups is 1. The number of methoxy groups -OCH3 is 2. The molecule has 146 valence electrons. The summed E-state index contributed by atoms with van der Waals surface area (Å²) in [6, 6.07) is 16.4. The molecule has 0 saturated carbocycles. The minimum Gasteiger partial charge on any atom is -0.497 e. The molecule has 1 atom stereocenters. The Morgan fingerprint density at radius 3 is 2.18 bits per heavy atom. The number of ether oxygens (including phenoxy) is 2. The molecular weight excluding hydrogens is 427 g/mol. The fourth-order valence-electron chi connectivity index (χ4n) is 2.89. The monoisotopic (exact) mass is 447 g/mol. The van der Waals surface area contributed by atoms with Crippen LogP contribution in [0, 0.1) is 0 Å². The van der Waals surface area contributed by atoms with Crippen molar-refractivity contribution in [1.82, 2.24) is 4.98 Å². The first-order chi connectivity index (χ1) is 13.8. The third-order valence-electron chi connectivity index (χ3n) is 4.44. The van der Waals surface area contributed by atoms with E-state index in [0.717, 1.165) is 38.1 Å². The van der Waals surface area contributed by atoms with E-state index in [-0.39, 0.29) is 0 Å². The molecule has 28 heavy (non-hydrogen) atoms. The van der Waals surface area contributed by atoms with Crippen molar-refractivity contribution in [2.75, 3.05) is 25.7 Å². The lowest BCUT2D eigenvalue weighted by Gasteiger charge is -2.05. The van der Waals surface area contributed by atoms with E-state index in [1.807, 2.05) is 57.6 Å². The maximum atomic E-state index is 5.31. The van der Waals surface area contributed by atoms with Gasteiger partial charge in [0.25, 0.3) is 0 Å². The fourth-order valence-corrected chi connectivity index (χ4v) is 8.46. The maximum Gasteiger partial charge on any atom is 0.151 e. The van der Waals surface area contributed by atoms with Gasteiger partial charge in [-0.3, -0.25) is 0 Å². The summed E-state index contributed by atoms with van der Waals surface area (Å²) in [4.78, 5) is 6.21. The third kappa shape index (κ3) is 4.64. The van der Waals surface area contributed by atoms with Crippen LogP contribution in [0.3, 0.4) is 0 Å².